The SMILES string of the molecule is C1=c2c(oc3ccc4c(ccc5c6ccccc6sc54)c23)=C(c2ccc3c(-c4c5ccccc5c(-c5cccc(-c6ccc7sc8ccc9c(ccc%10oc%11ccccc%11c%109)c8c7c6)c5)c5ccccc45)cccc3c2)CC1c1cccc(-c2c3ccccc3c(-c3cccc4ccccc34)c3ccccc23)c1. The molecular weight excluding hydrogens is 1350 g/mol. The van der Waals surface area contributed by atoms with Crippen molar-refractivity contribution in [2.45, 2.75) is 12.3 Å². The zero-order valence-corrected chi connectivity index (χ0v) is 60.0. The molecule has 4 heteroatoms. The first-order chi connectivity index (χ1) is 53.5. The summed E-state index contributed by atoms with van der Waals surface area (Å²) in [5.41, 5.74) is 19.6. The summed E-state index contributed by atoms with van der Waals surface area (Å²) >= 11 is 3.76. The van der Waals surface area contributed by atoms with Crippen molar-refractivity contribution in [2.75, 3.05) is 0 Å². The van der Waals surface area contributed by atoms with E-state index in [1.54, 1.807) is 0 Å². The molecule has 0 amide bonds. The van der Waals surface area contributed by atoms with Gasteiger partial charge in [-0.3, -0.25) is 0 Å². The molecule has 0 N–H and O–H groups in total. The van der Waals surface area contributed by atoms with E-state index < -0.39 is 0 Å². The van der Waals surface area contributed by atoms with E-state index >= 15 is 0 Å². The molecule has 0 saturated carbocycles. The second-order valence-corrected chi connectivity index (χ2v) is 31.6. The van der Waals surface area contributed by atoms with Gasteiger partial charge in [-0.2, -0.15) is 0 Å². The van der Waals surface area contributed by atoms with Crippen molar-refractivity contribution < 1.29 is 8.83 Å². The largest absolute Gasteiger partial charge is 0.456 e. The molecule has 23 aromatic rings. The second kappa shape index (κ2) is 23.1. The molecule has 0 spiro atoms. The van der Waals surface area contributed by atoms with Crippen LogP contribution in [0.1, 0.15) is 23.5 Å². The van der Waals surface area contributed by atoms with E-state index in [4.69, 9.17) is 8.83 Å². The van der Waals surface area contributed by atoms with Crippen molar-refractivity contribution in [3.8, 4) is 55.6 Å². The summed E-state index contributed by atoms with van der Waals surface area (Å²) in [5, 5.41) is 29.6. The zero-order valence-electron chi connectivity index (χ0n) is 58.3. The molecule has 500 valence electrons. The lowest BCUT2D eigenvalue weighted by Crippen LogP contribution is -2.29. The highest BCUT2D eigenvalue weighted by Crippen LogP contribution is 2.51. The maximum absolute atomic E-state index is 7.36. The molecular formula is C104H60O2S2. The van der Waals surface area contributed by atoms with Gasteiger partial charge in [0.1, 0.15) is 22.2 Å². The fraction of sp³-hybridized carbons (Fsp3) is 0.0192. The molecule has 1 atom stereocenters. The molecule has 1 unspecified atom stereocenters. The fourth-order valence-corrected chi connectivity index (χ4v) is 21.4. The highest BCUT2D eigenvalue weighted by Gasteiger charge is 2.27. The lowest BCUT2D eigenvalue weighted by Gasteiger charge is -2.22. The number of hydrogen-bond acceptors (Lipinski definition) is 4. The van der Waals surface area contributed by atoms with Crippen molar-refractivity contribution in [3.63, 3.8) is 0 Å². The molecule has 4 heterocycles. The highest BCUT2D eigenvalue weighted by atomic mass is 32.1. The first-order valence-corrected chi connectivity index (χ1v) is 39.0. The van der Waals surface area contributed by atoms with E-state index in [2.05, 4.69) is 346 Å². The summed E-state index contributed by atoms with van der Waals surface area (Å²) in [5.74, 6) is 0.0187. The van der Waals surface area contributed by atoms with Crippen LogP contribution in [-0.2, 0) is 0 Å². The average Bonchev–Trinajstić information content (AvgIpc) is 1.21. The molecule has 1 aliphatic carbocycles. The van der Waals surface area contributed by atoms with Gasteiger partial charge in [-0.05, 0) is 221 Å². The Kier molecular flexibility index (Phi) is 12.9. The minimum atomic E-state index is 0.0187. The minimum absolute atomic E-state index is 0.0187. The van der Waals surface area contributed by atoms with Crippen molar-refractivity contribution >= 4 is 194 Å². The van der Waals surface area contributed by atoms with Crippen LogP contribution in [0.5, 0.6) is 0 Å². The van der Waals surface area contributed by atoms with Crippen LogP contribution < -0.4 is 10.6 Å². The van der Waals surface area contributed by atoms with Crippen LogP contribution in [0.3, 0.4) is 0 Å². The van der Waals surface area contributed by atoms with Gasteiger partial charge in [-0.25, -0.2) is 0 Å². The summed E-state index contributed by atoms with van der Waals surface area (Å²) in [6.45, 7) is 0. The number of hydrogen-bond donors (Lipinski definition) is 0. The van der Waals surface area contributed by atoms with Crippen LogP contribution in [0.15, 0.2) is 349 Å². The Bertz CT molecular complexity index is 7930. The first-order valence-electron chi connectivity index (χ1n) is 37.3. The third-order valence-electron chi connectivity index (χ3n) is 23.8. The predicted molar refractivity (Wildman–Crippen MR) is 463 cm³/mol. The van der Waals surface area contributed by atoms with Gasteiger partial charge in [0.05, 0.1) is 0 Å². The maximum atomic E-state index is 7.36. The van der Waals surface area contributed by atoms with E-state index in [-0.39, 0.29) is 5.92 Å². The molecule has 1 aliphatic rings. The summed E-state index contributed by atoms with van der Waals surface area (Å²) < 4.78 is 18.9. The summed E-state index contributed by atoms with van der Waals surface area (Å²) in [6, 6.07) is 127. The van der Waals surface area contributed by atoms with Crippen LogP contribution in [0.25, 0.3) is 227 Å². The topological polar surface area (TPSA) is 26.3 Å². The highest BCUT2D eigenvalue weighted by molar-refractivity contribution is 7.27. The van der Waals surface area contributed by atoms with Crippen molar-refractivity contribution in [3.05, 3.63) is 361 Å². The lowest BCUT2D eigenvalue weighted by molar-refractivity contribution is 0.566. The van der Waals surface area contributed by atoms with Crippen molar-refractivity contribution in [1.29, 1.82) is 0 Å². The van der Waals surface area contributed by atoms with Crippen LogP contribution in [0.4, 0.5) is 0 Å². The van der Waals surface area contributed by atoms with E-state index in [0.717, 1.165) is 39.2 Å². The van der Waals surface area contributed by atoms with Crippen molar-refractivity contribution in [1.82, 2.24) is 0 Å². The second-order valence-electron chi connectivity index (χ2n) is 29.4. The van der Waals surface area contributed by atoms with Gasteiger partial charge < -0.3 is 8.83 Å². The number of fused-ring (bicyclic) bond motifs is 24. The molecule has 0 bridgehead atoms. The van der Waals surface area contributed by atoms with Crippen LogP contribution >= 0.6 is 22.7 Å². The van der Waals surface area contributed by atoms with Gasteiger partial charge in [-0.1, -0.05) is 279 Å². The molecule has 2 nitrogen and oxygen atoms in total. The number of para-hydroxylation sites is 1. The summed E-state index contributed by atoms with van der Waals surface area (Å²) in [6.07, 6.45) is 3.30. The van der Waals surface area contributed by atoms with Gasteiger partial charge in [0.15, 0.2) is 0 Å². The molecule has 24 rings (SSSR count). The van der Waals surface area contributed by atoms with Crippen LogP contribution in [0, 0.1) is 0 Å². The summed E-state index contributed by atoms with van der Waals surface area (Å²) in [7, 11) is 0. The smallest absolute Gasteiger partial charge is 0.138 e. The first kappa shape index (κ1) is 60.1. The van der Waals surface area contributed by atoms with E-state index in [1.807, 2.05) is 22.7 Å². The molecule has 4 aromatic heterocycles. The Morgan fingerprint density at radius 2 is 0.722 bits per heavy atom. The fourth-order valence-electron chi connectivity index (χ4n) is 19.1. The third kappa shape index (κ3) is 8.81. The van der Waals surface area contributed by atoms with Crippen LogP contribution in [0.2, 0.25) is 0 Å². The number of furan rings is 2. The Morgan fingerprint density at radius 3 is 1.44 bits per heavy atom. The van der Waals surface area contributed by atoms with Gasteiger partial charge >= 0.3 is 0 Å². The molecule has 0 fully saturated rings. The van der Waals surface area contributed by atoms with Gasteiger partial charge in [-0.15, -0.1) is 22.7 Å². The van der Waals surface area contributed by atoms with Crippen molar-refractivity contribution in [2.24, 2.45) is 0 Å². The quantitative estimate of drug-likeness (QED) is 0.149. The summed E-state index contributed by atoms with van der Waals surface area (Å²) in [4.78, 5) is 0. The van der Waals surface area contributed by atoms with Gasteiger partial charge in [0.25, 0.3) is 0 Å². The number of rotatable bonds is 7. The number of benzene rings is 19. The zero-order chi connectivity index (χ0) is 70.4. The maximum Gasteiger partial charge on any atom is 0.138 e. The predicted octanol–water partition coefficient (Wildman–Crippen LogP) is 28.8. The average molecular weight is 1410 g/mol. The lowest BCUT2D eigenvalue weighted by atomic mass is 9.81. The van der Waals surface area contributed by atoms with Crippen LogP contribution in [-0.4, -0.2) is 0 Å². The van der Waals surface area contributed by atoms with E-state index in [1.165, 1.54) is 210 Å². The Morgan fingerprint density at radius 1 is 0.250 bits per heavy atom. The molecule has 0 saturated heterocycles. The van der Waals surface area contributed by atoms with Gasteiger partial charge in [0.2, 0.25) is 0 Å². The Labute approximate surface area is 627 Å². The molecule has 0 aliphatic heterocycles. The van der Waals surface area contributed by atoms with E-state index in [9.17, 15) is 0 Å². The molecule has 19 aromatic carbocycles. The van der Waals surface area contributed by atoms with Gasteiger partial charge in [0, 0.05) is 78.6 Å². The number of thiophene rings is 2. The third-order valence-corrected chi connectivity index (χ3v) is 26.1. The normalized spacial score (nSPS) is 13.5. The molecule has 0 radical (unpaired) electrons. The standard InChI is InChI=1S/C104H60O2S2/c1-2-26-68-59(19-1)20-17-37-71(68)98-77-32-7-3-28-73(77)97(74-29-4-8-33-78(74)98)66-25-16-22-61(54-66)67-57-87(103-89(58-67)101-83-44-45-84-70-27-12-14-40-93(70)108-104(84)85(83)47-50-92(101)106-103)64-41-43-69-63(55-64)23-18-38-72(69)99-79-34-9-5-30-75(79)96(76-31-6-10-35-80(76)99)65-24-15-21-60(53-65)62-42-51-94-88(56-62)102-82-46-49-91-100(81(82)48-52-95(102)107-94)86-36-11-13-39-90(86)105-91/h1-56,58,67H,57H2. The van der Waals surface area contributed by atoms with E-state index in [0.29, 0.717) is 0 Å². The minimum Gasteiger partial charge on any atom is -0.456 e. The Balaban J connectivity index is 0.653. The monoisotopic (exact) mass is 1400 g/mol. The Hall–Kier alpha value is -13.2. The molecule has 108 heavy (non-hydrogen) atoms.